The second-order valence-corrected chi connectivity index (χ2v) is 4.79. The number of pyridine rings is 1. The molecule has 2 fully saturated rings. The third kappa shape index (κ3) is 6.20. The molecule has 1 aromatic rings. The van der Waals surface area contributed by atoms with E-state index in [1.165, 1.54) is 25.1 Å². The SMILES string of the molecule is O=C(c1cnc(Cl)cc1Cl)C1CC1.[Br-].[CH-]1CC1.[Mg+2]. The first-order valence-electron chi connectivity index (χ1n) is 5.35. The Labute approximate surface area is 144 Å². The number of rotatable bonds is 2. The topological polar surface area (TPSA) is 30.0 Å². The van der Waals surface area contributed by atoms with E-state index in [4.69, 9.17) is 23.2 Å². The van der Waals surface area contributed by atoms with Crippen molar-refractivity contribution in [3.05, 3.63) is 34.4 Å². The molecule has 3 rings (SSSR count). The van der Waals surface area contributed by atoms with E-state index in [-0.39, 0.29) is 51.7 Å². The second kappa shape index (κ2) is 8.75. The Balaban J connectivity index is 0.000000510. The molecule has 2 saturated carbocycles. The molecule has 2 aliphatic carbocycles. The van der Waals surface area contributed by atoms with Crippen LogP contribution in [0.1, 0.15) is 36.0 Å². The zero-order chi connectivity index (χ0) is 11.5. The van der Waals surface area contributed by atoms with Crippen LogP contribution in [0.4, 0.5) is 0 Å². The molecule has 0 amide bonds. The molecule has 2 aliphatic rings. The number of carbonyl (C=O) groups excluding carboxylic acids is 1. The zero-order valence-corrected chi connectivity index (χ0v) is 14.3. The molecular weight excluding hydrogens is 349 g/mol. The van der Waals surface area contributed by atoms with Crippen LogP contribution in [0, 0.1) is 12.3 Å². The van der Waals surface area contributed by atoms with Gasteiger partial charge in [0.15, 0.2) is 5.78 Å². The third-order valence-corrected chi connectivity index (χ3v) is 2.84. The number of aromatic nitrogens is 1. The Morgan fingerprint density at radius 1 is 1.33 bits per heavy atom. The molecule has 2 nitrogen and oxygen atoms in total. The monoisotopic (exact) mass is 359 g/mol. The molecule has 1 heterocycles. The zero-order valence-electron chi connectivity index (χ0n) is 9.83. The number of ketones is 1. The van der Waals surface area contributed by atoms with Crippen molar-refractivity contribution >= 4 is 52.0 Å². The van der Waals surface area contributed by atoms with Gasteiger partial charge in [-0.2, -0.15) is 0 Å². The normalized spacial score (nSPS) is 15.4. The van der Waals surface area contributed by atoms with Crippen LogP contribution in [0.5, 0.6) is 0 Å². The van der Waals surface area contributed by atoms with Gasteiger partial charge in [-0.15, -0.1) is 0 Å². The molecule has 0 saturated heterocycles. The van der Waals surface area contributed by atoms with Gasteiger partial charge in [-0.05, 0) is 18.9 Å². The fourth-order valence-electron chi connectivity index (χ4n) is 1.15. The van der Waals surface area contributed by atoms with Gasteiger partial charge in [-0.3, -0.25) is 4.79 Å². The number of carbonyl (C=O) groups is 1. The molecule has 1 aromatic heterocycles. The van der Waals surface area contributed by atoms with Gasteiger partial charge in [-0.25, -0.2) is 17.8 Å². The summed E-state index contributed by atoms with van der Waals surface area (Å²) in [4.78, 5) is 15.4. The average molecular weight is 361 g/mol. The Morgan fingerprint density at radius 2 is 1.89 bits per heavy atom. The Kier molecular flexibility index (Phi) is 9.06. The van der Waals surface area contributed by atoms with Crippen molar-refractivity contribution in [1.29, 1.82) is 0 Å². The summed E-state index contributed by atoms with van der Waals surface area (Å²) < 4.78 is 0. The van der Waals surface area contributed by atoms with Crippen LogP contribution in [-0.4, -0.2) is 33.8 Å². The number of halogens is 3. The summed E-state index contributed by atoms with van der Waals surface area (Å²) in [6.07, 6.45) is 8.39. The molecule has 0 bridgehead atoms. The minimum atomic E-state index is 0. The van der Waals surface area contributed by atoms with Gasteiger partial charge < -0.3 is 23.4 Å². The minimum Gasteiger partial charge on any atom is -1.00 e. The van der Waals surface area contributed by atoms with Crippen molar-refractivity contribution in [3.63, 3.8) is 0 Å². The summed E-state index contributed by atoms with van der Waals surface area (Å²) in [5.74, 6) is 0.259. The molecule has 0 atom stereocenters. The van der Waals surface area contributed by atoms with Crippen molar-refractivity contribution in [2.24, 2.45) is 5.92 Å². The van der Waals surface area contributed by atoms with Crippen molar-refractivity contribution in [1.82, 2.24) is 4.98 Å². The van der Waals surface area contributed by atoms with Gasteiger partial charge >= 0.3 is 23.1 Å². The van der Waals surface area contributed by atoms with E-state index >= 15 is 0 Å². The summed E-state index contributed by atoms with van der Waals surface area (Å²) in [6.45, 7) is 0. The van der Waals surface area contributed by atoms with E-state index < -0.39 is 0 Å². The summed E-state index contributed by atoms with van der Waals surface area (Å²) in [5, 5.41) is 0.717. The smallest absolute Gasteiger partial charge is 1.00 e. The van der Waals surface area contributed by atoms with E-state index in [0.29, 0.717) is 15.7 Å². The minimum absolute atomic E-state index is 0. The van der Waals surface area contributed by atoms with E-state index in [9.17, 15) is 4.79 Å². The molecule has 0 N–H and O–H groups in total. The van der Waals surface area contributed by atoms with Crippen molar-refractivity contribution in [2.75, 3.05) is 0 Å². The predicted molar refractivity (Wildman–Crippen MR) is 70.6 cm³/mol. The van der Waals surface area contributed by atoms with Crippen LogP contribution in [0.25, 0.3) is 0 Å². The maximum absolute atomic E-state index is 11.6. The second-order valence-electron chi connectivity index (χ2n) is 3.99. The third-order valence-electron chi connectivity index (χ3n) is 2.32. The first kappa shape index (κ1) is 18.6. The fourth-order valence-corrected chi connectivity index (χ4v) is 1.61. The molecule has 0 unspecified atom stereocenters. The van der Waals surface area contributed by atoms with E-state index in [1.54, 1.807) is 0 Å². The molecule has 0 aromatic carbocycles. The number of hydrogen-bond donors (Lipinski definition) is 0. The quantitative estimate of drug-likeness (QED) is 0.334. The number of Topliss-reactive ketones (excluding diaryl/α,β-unsaturated/α-hetero) is 1. The van der Waals surface area contributed by atoms with Crippen LogP contribution in [0.2, 0.25) is 10.2 Å². The molecule has 0 radical (unpaired) electrons. The maximum atomic E-state index is 11.6. The molecule has 94 valence electrons. The van der Waals surface area contributed by atoms with Gasteiger partial charge in [0.2, 0.25) is 0 Å². The largest absolute Gasteiger partial charge is 2.00 e. The van der Waals surface area contributed by atoms with Crippen LogP contribution in [0.3, 0.4) is 0 Å². The standard InChI is InChI=1S/C9H7Cl2NO.C3H5.BrH.Mg/c10-7-3-8(11)12-4-6(7)9(13)5-1-2-5;1-2-3-1;;/h3-5H,1-2H2;1H,2-3H2;1H;/q;-1;;+2/p-1. The maximum Gasteiger partial charge on any atom is 2.00 e. The van der Waals surface area contributed by atoms with Crippen LogP contribution in [-0.2, 0) is 0 Å². The van der Waals surface area contributed by atoms with Gasteiger partial charge in [0.1, 0.15) is 5.15 Å². The Bertz CT molecular complexity index is 408. The van der Waals surface area contributed by atoms with Gasteiger partial charge in [-0.1, -0.05) is 23.2 Å². The molecule has 18 heavy (non-hydrogen) atoms. The van der Waals surface area contributed by atoms with Gasteiger partial charge in [0.05, 0.1) is 10.6 Å². The average Bonchev–Trinajstić information content (AvgIpc) is 3.06. The first-order chi connectivity index (χ1) is 7.68. The Morgan fingerprint density at radius 3 is 2.28 bits per heavy atom. The summed E-state index contributed by atoms with van der Waals surface area (Å²) in [6, 6.07) is 1.50. The van der Waals surface area contributed by atoms with Crippen molar-refractivity contribution < 1.29 is 21.8 Å². The van der Waals surface area contributed by atoms with Crippen LogP contribution in [0.15, 0.2) is 12.3 Å². The summed E-state index contributed by atoms with van der Waals surface area (Å²) in [5.41, 5.74) is 0.494. The van der Waals surface area contributed by atoms with Crippen LogP contribution < -0.4 is 17.0 Å². The van der Waals surface area contributed by atoms with Crippen molar-refractivity contribution in [2.45, 2.75) is 25.7 Å². The Hall–Kier alpha value is 0.646. The molecular formula is C12H12BrCl2MgNO. The predicted octanol–water partition coefficient (Wildman–Crippen LogP) is 0.589. The van der Waals surface area contributed by atoms with E-state index in [2.05, 4.69) is 11.4 Å². The fraction of sp³-hybridized carbons (Fsp3) is 0.417. The van der Waals surface area contributed by atoms with Gasteiger partial charge in [0, 0.05) is 12.1 Å². The van der Waals surface area contributed by atoms with E-state index in [1.807, 2.05) is 0 Å². The van der Waals surface area contributed by atoms with Crippen LogP contribution >= 0.6 is 23.2 Å². The molecule has 0 aliphatic heterocycles. The summed E-state index contributed by atoms with van der Waals surface area (Å²) in [7, 11) is 0. The summed E-state index contributed by atoms with van der Waals surface area (Å²) >= 11 is 11.5. The first-order valence-corrected chi connectivity index (χ1v) is 6.11. The van der Waals surface area contributed by atoms with Crippen molar-refractivity contribution in [3.8, 4) is 0 Å². The molecule has 0 spiro atoms. The number of nitrogens with zero attached hydrogens (tertiary/aromatic N) is 1. The molecule has 6 heteroatoms. The van der Waals surface area contributed by atoms with Gasteiger partial charge in [0.25, 0.3) is 0 Å². The number of hydrogen-bond acceptors (Lipinski definition) is 2. The van der Waals surface area contributed by atoms with E-state index in [0.717, 1.165) is 12.8 Å².